The number of rotatable bonds is 33. The van der Waals surface area contributed by atoms with Crippen LogP contribution in [0.4, 0.5) is 0 Å². The van der Waals surface area contributed by atoms with Gasteiger partial charge < -0.3 is 39.9 Å². The van der Waals surface area contributed by atoms with Crippen molar-refractivity contribution in [2.24, 2.45) is 0 Å². The Bertz CT molecular complexity index is 1290. The van der Waals surface area contributed by atoms with Crippen molar-refractivity contribution >= 4 is 19.8 Å². The number of aliphatic hydroxyl groups excluding tert-OH is 5. The van der Waals surface area contributed by atoms with Gasteiger partial charge in [-0.15, -0.1) is 0 Å². The predicted octanol–water partition coefficient (Wildman–Crippen LogP) is 7.55. The molecule has 1 aliphatic rings. The van der Waals surface area contributed by atoms with Gasteiger partial charge in [0.1, 0.15) is 43.2 Å². The van der Waals surface area contributed by atoms with Gasteiger partial charge in [0, 0.05) is 12.8 Å². The lowest BCUT2D eigenvalue weighted by Gasteiger charge is -2.41. The van der Waals surface area contributed by atoms with Crippen LogP contribution in [0.2, 0.25) is 0 Å². The van der Waals surface area contributed by atoms with Gasteiger partial charge in [-0.05, 0) is 51.4 Å². The Morgan fingerprint density at radius 1 is 0.552 bits per heavy atom. The maximum atomic E-state index is 12.8. The highest BCUT2D eigenvalue weighted by atomic mass is 31.2. The van der Waals surface area contributed by atoms with Crippen molar-refractivity contribution in [3.05, 3.63) is 72.9 Å². The molecule has 6 N–H and O–H groups in total. The van der Waals surface area contributed by atoms with Crippen molar-refractivity contribution in [3.8, 4) is 0 Å². The molecule has 13 nitrogen and oxygen atoms in total. The maximum Gasteiger partial charge on any atom is 0.472 e. The molecule has 0 saturated heterocycles. The fourth-order valence-electron chi connectivity index (χ4n) is 5.96. The first-order valence-electron chi connectivity index (χ1n) is 21.3. The molecular formula is C44H73O13P. The fourth-order valence-corrected chi connectivity index (χ4v) is 6.93. The van der Waals surface area contributed by atoms with Gasteiger partial charge in [-0.1, -0.05) is 145 Å². The van der Waals surface area contributed by atoms with E-state index in [1.165, 1.54) is 44.9 Å². The molecule has 0 amide bonds. The van der Waals surface area contributed by atoms with Crippen LogP contribution in [0.25, 0.3) is 0 Å². The second kappa shape index (κ2) is 34.0. The quantitative estimate of drug-likeness (QED) is 0.0124. The summed E-state index contributed by atoms with van der Waals surface area (Å²) in [5.74, 6) is -1.20. The van der Waals surface area contributed by atoms with E-state index in [0.29, 0.717) is 19.3 Å². The van der Waals surface area contributed by atoms with Crippen LogP contribution in [-0.2, 0) is 32.7 Å². The molecule has 332 valence electrons. The molecular weight excluding hydrogens is 767 g/mol. The number of hydrogen-bond acceptors (Lipinski definition) is 12. The van der Waals surface area contributed by atoms with Crippen LogP contribution in [0.3, 0.4) is 0 Å². The zero-order chi connectivity index (χ0) is 42.9. The molecule has 14 heteroatoms. The summed E-state index contributed by atoms with van der Waals surface area (Å²) in [6, 6.07) is 0. The van der Waals surface area contributed by atoms with Crippen LogP contribution in [0, 0.1) is 0 Å². The smallest absolute Gasteiger partial charge is 0.462 e. The number of carbonyl (C=O) groups is 2. The Morgan fingerprint density at radius 3 is 1.59 bits per heavy atom. The number of phosphoric ester groups is 1. The number of carbonyl (C=O) groups excluding carboxylic acids is 2. The average Bonchev–Trinajstić information content (AvgIpc) is 3.20. The molecule has 0 bridgehead atoms. The van der Waals surface area contributed by atoms with E-state index >= 15 is 0 Å². The van der Waals surface area contributed by atoms with E-state index in [1.807, 2.05) is 54.7 Å². The summed E-state index contributed by atoms with van der Waals surface area (Å²) < 4.78 is 33.3. The number of esters is 2. The molecule has 0 aromatic rings. The Morgan fingerprint density at radius 2 is 1.02 bits per heavy atom. The molecule has 0 heterocycles. The van der Waals surface area contributed by atoms with E-state index < -0.39 is 75.7 Å². The summed E-state index contributed by atoms with van der Waals surface area (Å²) in [5, 5.41) is 50.0. The number of unbranched alkanes of at least 4 members (excludes halogenated alkanes) is 13. The first kappa shape index (κ1) is 53.3. The fraction of sp³-hybridized carbons (Fsp3) is 0.682. The van der Waals surface area contributed by atoms with Crippen molar-refractivity contribution in [2.45, 2.75) is 179 Å². The molecule has 0 aliphatic heterocycles. The van der Waals surface area contributed by atoms with Crippen LogP contribution in [-0.4, -0.2) is 98.3 Å². The minimum Gasteiger partial charge on any atom is -0.462 e. The molecule has 0 aromatic carbocycles. The largest absolute Gasteiger partial charge is 0.472 e. The number of aliphatic hydroxyl groups is 5. The Balaban J connectivity index is 2.55. The van der Waals surface area contributed by atoms with Gasteiger partial charge >= 0.3 is 19.8 Å². The lowest BCUT2D eigenvalue weighted by molar-refractivity contribution is -0.220. The predicted molar refractivity (Wildman–Crippen MR) is 225 cm³/mol. The highest BCUT2D eigenvalue weighted by molar-refractivity contribution is 7.47. The number of phosphoric acid groups is 1. The van der Waals surface area contributed by atoms with Crippen LogP contribution in [0.1, 0.15) is 136 Å². The van der Waals surface area contributed by atoms with E-state index in [4.69, 9.17) is 18.5 Å². The lowest BCUT2D eigenvalue weighted by Crippen LogP contribution is -2.64. The molecule has 0 radical (unpaired) electrons. The van der Waals surface area contributed by atoms with Crippen LogP contribution in [0.15, 0.2) is 72.9 Å². The Labute approximate surface area is 346 Å². The van der Waals surface area contributed by atoms with E-state index in [-0.39, 0.29) is 12.8 Å². The molecule has 0 spiro atoms. The van der Waals surface area contributed by atoms with Gasteiger partial charge in [0.15, 0.2) is 6.10 Å². The first-order valence-corrected chi connectivity index (χ1v) is 22.8. The zero-order valence-electron chi connectivity index (χ0n) is 34.8. The molecule has 1 aliphatic carbocycles. The van der Waals surface area contributed by atoms with Gasteiger partial charge in [0.25, 0.3) is 0 Å². The third-order valence-corrected chi connectivity index (χ3v) is 10.4. The third-order valence-electron chi connectivity index (χ3n) is 9.41. The summed E-state index contributed by atoms with van der Waals surface area (Å²) in [4.78, 5) is 35.5. The molecule has 1 saturated carbocycles. The molecule has 8 atom stereocenters. The van der Waals surface area contributed by atoms with E-state index in [0.717, 1.165) is 44.9 Å². The highest BCUT2D eigenvalue weighted by Gasteiger charge is 2.51. The minimum absolute atomic E-state index is 0.00465. The second-order valence-electron chi connectivity index (χ2n) is 14.6. The van der Waals surface area contributed by atoms with Gasteiger partial charge in [-0.25, -0.2) is 4.57 Å². The highest BCUT2D eigenvalue weighted by Crippen LogP contribution is 2.47. The lowest BCUT2D eigenvalue weighted by atomic mass is 9.85. The van der Waals surface area contributed by atoms with Crippen molar-refractivity contribution in [1.82, 2.24) is 0 Å². The summed E-state index contributed by atoms with van der Waals surface area (Å²) in [6.07, 6.45) is 28.4. The molecule has 1 fully saturated rings. The van der Waals surface area contributed by atoms with Crippen molar-refractivity contribution in [1.29, 1.82) is 0 Å². The molecule has 58 heavy (non-hydrogen) atoms. The van der Waals surface area contributed by atoms with Gasteiger partial charge in [0.05, 0.1) is 6.61 Å². The van der Waals surface area contributed by atoms with E-state index in [1.54, 1.807) is 0 Å². The number of ether oxygens (including phenoxy) is 2. The minimum atomic E-state index is -5.14. The monoisotopic (exact) mass is 840 g/mol. The Hall–Kier alpha value is -2.71. The van der Waals surface area contributed by atoms with Crippen molar-refractivity contribution in [2.75, 3.05) is 13.2 Å². The second-order valence-corrected chi connectivity index (χ2v) is 16.0. The number of allylic oxidation sites excluding steroid dienone is 12. The molecule has 1 rings (SSSR count). The SMILES string of the molecule is CC/C=C/C=C/C=C/C=C/C=C/CCCC(=O)OC(COC(=O)CCCCCCC/C=C/CCCCCCCCC)COP(=O)(O)OC1C(O)C(O)C(O)[C@H](O)C1O. The Kier molecular flexibility index (Phi) is 31.3. The van der Waals surface area contributed by atoms with Gasteiger partial charge in [0.2, 0.25) is 0 Å². The van der Waals surface area contributed by atoms with Crippen molar-refractivity contribution < 1.29 is 63.1 Å². The summed E-state index contributed by atoms with van der Waals surface area (Å²) in [7, 11) is -5.14. The van der Waals surface area contributed by atoms with Crippen LogP contribution < -0.4 is 0 Å². The summed E-state index contributed by atoms with van der Waals surface area (Å²) in [5.41, 5.74) is 0. The summed E-state index contributed by atoms with van der Waals surface area (Å²) in [6.45, 7) is 3.05. The van der Waals surface area contributed by atoms with E-state index in [2.05, 4.69) is 32.1 Å². The first-order chi connectivity index (χ1) is 27.9. The third kappa shape index (κ3) is 26.4. The van der Waals surface area contributed by atoms with Crippen LogP contribution in [0.5, 0.6) is 0 Å². The van der Waals surface area contributed by atoms with Crippen LogP contribution >= 0.6 is 7.82 Å². The normalized spacial score (nSPS) is 23.2. The average molecular weight is 841 g/mol. The standard InChI is InChI=1S/C44H73O13P/c1-3-5-7-9-11-13-15-17-18-19-21-22-24-26-28-30-32-37(45)54-34-36(35-55-58(52,53)57-44-42(50)40(48)39(47)41(49)43(44)51)56-38(46)33-31-29-27-25-23-20-16-14-12-10-8-6-4-2/h6,8,10,12,14,16,18-20,23,25,27,36,39-44,47-51H,3-5,7,9,11,13,15,17,21-22,24,26,28-35H2,1-2H3,(H,52,53)/b8-6+,12-10+,16-14+,19-18+,23-20+,27-25+/t36?,39?,40-,41?,42?,43?,44?/m0/s1. The van der Waals surface area contributed by atoms with Gasteiger partial charge in [-0.3, -0.25) is 18.6 Å². The zero-order valence-corrected chi connectivity index (χ0v) is 35.7. The topological polar surface area (TPSA) is 210 Å². The summed E-state index contributed by atoms with van der Waals surface area (Å²) >= 11 is 0. The van der Waals surface area contributed by atoms with Crippen molar-refractivity contribution in [3.63, 3.8) is 0 Å². The molecule has 0 aromatic heterocycles. The number of hydrogen-bond donors (Lipinski definition) is 6. The van der Waals surface area contributed by atoms with Gasteiger partial charge in [-0.2, -0.15) is 0 Å². The van der Waals surface area contributed by atoms with E-state index in [9.17, 15) is 44.6 Å². The maximum absolute atomic E-state index is 12.8. The molecule has 7 unspecified atom stereocenters.